The summed E-state index contributed by atoms with van der Waals surface area (Å²) in [7, 11) is 0. The molecule has 0 bridgehead atoms. The fourth-order valence-corrected chi connectivity index (χ4v) is 7.67. The Hall–Kier alpha value is -6.28. The zero-order chi connectivity index (χ0) is 43.1. The first-order valence-electron chi connectivity index (χ1n) is 20.8. The third-order valence-electron chi connectivity index (χ3n) is 11.5. The molecule has 0 fully saturated rings. The third kappa shape index (κ3) is 7.67. The largest absolute Gasteiger partial charge is 0.505 e. The highest BCUT2D eigenvalue weighted by Gasteiger charge is 2.28. The fourth-order valence-electron chi connectivity index (χ4n) is 7.67. The molecule has 8 aromatic rings. The van der Waals surface area contributed by atoms with E-state index in [9.17, 15) is 10.2 Å². The maximum Gasteiger partial charge on any atom is 0.146 e. The van der Waals surface area contributed by atoms with E-state index in [4.69, 9.17) is 20.4 Å². The Labute approximate surface area is 353 Å². The van der Waals surface area contributed by atoms with Crippen LogP contribution in [-0.4, -0.2) is 40.2 Å². The van der Waals surface area contributed by atoms with Crippen LogP contribution in [0.15, 0.2) is 109 Å². The molecule has 60 heavy (non-hydrogen) atoms. The van der Waals surface area contributed by atoms with Gasteiger partial charge in [0.15, 0.2) is 0 Å². The second-order valence-electron chi connectivity index (χ2n) is 20.3. The Morgan fingerprint density at radius 1 is 0.333 bits per heavy atom. The van der Waals surface area contributed by atoms with Crippen LogP contribution in [0.3, 0.4) is 0 Å². The highest BCUT2D eigenvalue weighted by atomic mass is 16.3. The Morgan fingerprint density at radius 3 is 0.917 bits per heavy atom. The van der Waals surface area contributed by atoms with E-state index >= 15 is 0 Å². The van der Waals surface area contributed by atoms with Gasteiger partial charge in [0.25, 0.3) is 0 Å². The quantitative estimate of drug-likeness (QED) is 0.180. The lowest BCUT2D eigenvalue weighted by molar-refractivity contribution is 0.437. The molecule has 2 heterocycles. The van der Waals surface area contributed by atoms with E-state index in [1.54, 1.807) is 9.59 Å². The molecule has 0 atom stereocenters. The third-order valence-corrected chi connectivity index (χ3v) is 11.5. The minimum absolute atomic E-state index is 0.112. The smallest absolute Gasteiger partial charge is 0.146 e. The Morgan fingerprint density at radius 2 is 0.617 bits per heavy atom. The number of aromatic nitrogens is 6. The van der Waals surface area contributed by atoms with Crippen LogP contribution in [0.1, 0.15) is 105 Å². The highest BCUT2D eigenvalue weighted by Crippen LogP contribution is 2.41. The van der Waals surface area contributed by atoms with Crippen molar-refractivity contribution in [1.82, 2.24) is 30.0 Å². The van der Waals surface area contributed by atoms with Crippen LogP contribution < -0.4 is 0 Å². The van der Waals surface area contributed by atoms with Gasteiger partial charge >= 0.3 is 0 Å². The Balaban J connectivity index is 1.03. The van der Waals surface area contributed by atoms with E-state index in [1.165, 1.54) is 0 Å². The summed E-state index contributed by atoms with van der Waals surface area (Å²) < 4.78 is 0. The predicted molar refractivity (Wildman–Crippen MR) is 246 cm³/mol. The van der Waals surface area contributed by atoms with Crippen molar-refractivity contribution >= 4 is 22.1 Å². The predicted octanol–water partition coefficient (Wildman–Crippen LogP) is 12.8. The lowest BCUT2D eigenvalue weighted by atomic mass is 9.80. The van der Waals surface area contributed by atoms with Crippen LogP contribution in [0, 0.1) is 0 Å². The number of hydrogen-bond donors (Lipinski definition) is 2. The van der Waals surface area contributed by atoms with Gasteiger partial charge in [-0.3, -0.25) is 0 Å². The Kier molecular flexibility index (Phi) is 9.57. The summed E-state index contributed by atoms with van der Waals surface area (Å²) >= 11 is 0. The molecule has 2 N–H and O–H groups in total. The summed E-state index contributed by atoms with van der Waals surface area (Å²) in [6.07, 6.45) is 0. The van der Waals surface area contributed by atoms with E-state index < -0.39 is 0 Å². The van der Waals surface area contributed by atoms with Crippen molar-refractivity contribution in [3.05, 3.63) is 131 Å². The topological polar surface area (TPSA) is 102 Å². The number of rotatable bonds is 5. The zero-order valence-corrected chi connectivity index (χ0v) is 37.0. The van der Waals surface area contributed by atoms with Gasteiger partial charge < -0.3 is 10.2 Å². The van der Waals surface area contributed by atoms with Crippen LogP contribution in [0.4, 0.5) is 0 Å². The fraction of sp³-hybridized carbons (Fsp3) is 0.308. The molecular weight excluding hydrogens is 741 g/mol. The number of hydrogen-bond acceptors (Lipinski definition) is 6. The molecule has 306 valence electrons. The van der Waals surface area contributed by atoms with Crippen molar-refractivity contribution in [3.8, 4) is 56.3 Å². The molecule has 0 aliphatic rings. The molecule has 0 unspecified atom stereocenters. The average Bonchev–Trinajstić information content (AvgIpc) is 3.80. The number of phenols is 2. The van der Waals surface area contributed by atoms with E-state index in [1.807, 2.05) is 24.3 Å². The van der Waals surface area contributed by atoms with Crippen LogP contribution in [0.5, 0.6) is 11.5 Å². The second-order valence-corrected chi connectivity index (χ2v) is 20.3. The van der Waals surface area contributed by atoms with E-state index in [-0.39, 0.29) is 33.2 Å². The number of fused-ring (bicyclic) bond motifs is 2. The van der Waals surface area contributed by atoms with Crippen LogP contribution in [0.25, 0.3) is 66.8 Å². The summed E-state index contributed by atoms with van der Waals surface area (Å²) in [5.74, 6) is 0.417. The van der Waals surface area contributed by atoms with Crippen molar-refractivity contribution in [2.24, 2.45) is 0 Å². The highest BCUT2D eigenvalue weighted by molar-refractivity contribution is 5.84. The van der Waals surface area contributed by atoms with Gasteiger partial charge in [-0.1, -0.05) is 156 Å². The minimum Gasteiger partial charge on any atom is -0.505 e. The molecule has 0 saturated carbocycles. The average molecular weight is 797 g/mol. The minimum atomic E-state index is -0.253. The van der Waals surface area contributed by atoms with Crippen molar-refractivity contribution in [3.63, 3.8) is 0 Å². The van der Waals surface area contributed by atoms with Crippen LogP contribution >= 0.6 is 0 Å². The van der Waals surface area contributed by atoms with Gasteiger partial charge in [-0.2, -0.15) is 0 Å². The number of benzene rings is 6. The normalized spacial score (nSPS) is 12.8. The number of phenolic OH excluding ortho intramolecular Hbond substituents is 2. The first kappa shape index (κ1) is 40.5. The summed E-state index contributed by atoms with van der Waals surface area (Å²) in [5, 5.41) is 42.2. The number of aromatic hydroxyl groups is 2. The molecule has 0 spiro atoms. The van der Waals surface area contributed by atoms with Crippen molar-refractivity contribution in [2.45, 2.75) is 105 Å². The van der Waals surface area contributed by atoms with Crippen molar-refractivity contribution < 1.29 is 10.2 Å². The molecule has 0 aliphatic carbocycles. The first-order chi connectivity index (χ1) is 28.0. The molecular formula is C52H56N6O2. The zero-order valence-electron chi connectivity index (χ0n) is 37.0. The molecule has 0 saturated heterocycles. The SMILES string of the molecule is CC(C)(C)c1cc(-n2nc3ccc(-c4ccc(-c5ccc(-c6ccc7nn(-c8cc(C(C)(C)C)cc(C(C)(C)C)c8O)nc7c6)cc5)cc4)cc3n2)c(O)c(C(C)(C)C)c1. The summed E-state index contributed by atoms with van der Waals surface area (Å²) in [4.78, 5) is 3.15. The van der Waals surface area contributed by atoms with E-state index in [2.05, 4.69) is 168 Å². The lowest BCUT2D eigenvalue weighted by Gasteiger charge is -2.27. The van der Waals surface area contributed by atoms with Crippen LogP contribution in [0.2, 0.25) is 0 Å². The molecule has 0 aliphatic heterocycles. The molecule has 0 radical (unpaired) electrons. The van der Waals surface area contributed by atoms with Gasteiger partial charge in [-0.25, -0.2) is 0 Å². The first-order valence-corrected chi connectivity index (χ1v) is 20.8. The van der Waals surface area contributed by atoms with E-state index in [0.29, 0.717) is 11.4 Å². The van der Waals surface area contributed by atoms with Gasteiger partial charge in [0.05, 0.1) is 0 Å². The number of nitrogens with zero attached hydrogens (tertiary/aromatic N) is 6. The van der Waals surface area contributed by atoms with E-state index in [0.717, 1.165) is 77.7 Å². The second kappa shape index (κ2) is 14.2. The van der Waals surface area contributed by atoms with Gasteiger partial charge in [0.2, 0.25) is 0 Å². The molecule has 8 heteroatoms. The monoisotopic (exact) mass is 796 g/mol. The van der Waals surface area contributed by atoms with Gasteiger partial charge in [-0.15, -0.1) is 30.0 Å². The summed E-state index contributed by atoms with van der Waals surface area (Å²) in [6, 6.07) is 37.6. The van der Waals surface area contributed by atoms with Crippen LogP contribution in [-0.2, 0) is 21.7 Å². The molecule has 0 amide bonds. The lowest BCUT2D eigenvalue weighted by Crippen LogP contribution is -2.18. The van der Waals surface area contributed by atoms with Gasteiger partial charge in [0, 0.05) is 11.1 Å². The molecule has 6 aromatic carbocycles. The van der Waals surface area contributed by atoms with Crippen molar-refractivity contribution in [1.29, 1.82) is 0 Å². The van der Waals surface area contributed by atoms with Gasteiger partial charge in [0.1, 0.15) is 44.9 Å². The maximum absolute atomic E-state index is 11.4. The molecule has 2 aromatic heterocycles. The van der Waals surface area contributed by atoms with Gasteiger partial charge in [-0.05, 0) is 103 Å². The van der Waals surface area contributed by atoms with Crippen molar-refractivity contribution in [2.75, 3.05) is 0 Å². The molecule has 8 rings (SSSR count). The molecule has 8 nitrogen and oxygen atoms in total. The summed E-state index contributed by atoms with van der Waals surface area (Å²) in [6.45, 7) is 25.7. The standard InChI is InChI=1S/C52H56N6O2/c1-49(2,3)37-27-39(51(7,8)9)47(59)45(29-37)57-53-41-23-21-35(25-43(41)55-57)33-17-13-31(14-18-33)32-15-19-34(20-16-32)36-22-24-42-44(26-36)56-58(54-42)46-30-38(50(4,5)6)28-40(48(46)60)52(10,11)12/h13-30,59-60H,1-12H3. The Bertz CT molecular complexity index is 2710. The maximum atomic E-state index is 11.4. The summed E-state index contributed by atoms with van der Waals surface area (Å²) in [5.41, 5.74) is 13.9.